The monoisotopic (exact) mass is 539 g/mol. The molecule has 0 aliphatic rings. The number of nitrogens with zero attached hydrogens (tertiary/aromatic N) is 1. The van der Waals surface area contributed by atoms with Gasteiger partial charge in [-0.2, -0.15) is 13.2 Å². The summed E-state index contributed by atoms with van der Waals surface area (Å²) in [6, 6.07) is 16.9. The zero-order chi connectivity index (χ0) is 27.2. The summed E-state index contributed by atoms with van der Waals surface area (Å²) in [5.74, 6) is 0.899. The van der Waals surface area contributed by atoms with E-state index in [1.54, 1.807) is 18.2 Å². The van der Waals surface area contributed by atoms with Gasteiger partial charge in [0.15, 0.2) is 12.0 Å². The molecule has 2 aromatic heterocycles. The quantitative estimate of drug-likeness (QED) is 0.217. The highest BCUT2D eigenvalue weighted by Gasteiger charge is 2.46. The number of aromatic nitrogens is 1. The second kappa shape index (κ2) is 9.29. The third kappa shape index (κ3) is 4.30. The summed E-state index contributed by atoms with van der Waals surface area (Å²) in [6.45, 7) is 3.70. The number of hydrogen-bond acceptors (Lipinski definition) is 6. The number of para-hydroxylation sites is 1. The molecule has 2 heterocycles. The summed E-state index contributed by atoms with van der Waals surface area (Å²) < 4.78 is 73.5. The van der Waals surface area contributed by atoms with E-state index in [-0.39, 0.29) is 6.61 Å². The molecule has 0 atom stereocenters. The lowest BCUT2D eigenvalue weighted by Crippen LogP contribution is -2.23. The Morgan fingerprint density at radius 3 is 2.37 bits per heavy atom. The molecule has 0 amide bonds. The van der Waals surface area contributed by atoms with Crippen LogP contribution in [0.2, 0.25) is 0 Å². The Hall–Kier alpha value is -4.18. The third-order valence-corrected chi connectivity index (χ3v) is 7.79. The SMILES string of the molecule is Cc1c(-c2cc(C=O)c3c(OCc4ccc(S(=O)(=O)C(F)(F)F)cc4)ccc(C)c3n2)oc2ccccc12. The molecule has 0 bridgehead atoms. The van der Waals surface area contributed by atoms with Gasteiger partial charge in [0.05, 0.1) is 15.8 Å². The van der Waals surface area contributed by atoms with Crippen molar-refractivity contribution in [2.75, 3.05) is 0 Å². The number of sulfone groups is 1. The van der Waals surface area contributed by atoms with E-state index in [0.717, 1.165) is 28.6 Å². The van der Waals surface area contributed by atoms with E-state index in [2.05, 4.69) is 0 Å². The number of benzene rings is 3. The van der Waals surface area contributed by atoms with Gasteiger partial charge in [0.25, 0.3) is 9.84 Å². The van der Waals surface area contributed by atoms with E-state index < -0.39 is 20.2 Å². The van der Waals surface area contributed by atoms with Crippen LogP contribution in [0, 0.1) is 13.8 Å². The fraction of sp³-hybridized carbons (Fsp3) is 0.143. The third-order valence-electron chi connectivity index (χ3n) is 6.29. The van der Waals surface area contributed by atoms with Gasteiger partial charge >= 0.3 is 5.51 Å². The number of halogens is 3. The molecule has 6 nitrogen and oxygen atoms in total. The molecule has 10 heteroatoms. The Morgan fingerprint density at radius 1 is 1.00 bits per heavy atom. The first kappa shape index (κ1) is 25.5. The Balaban J connectivity index is 1.51. The van der Waals surface area contributed by atoms with Crippen molar-refractivity contribution in [3.63, 3.8) is 0 Å². The van der Waals surface area contributed by atoms with Crippen LogP contribution in [0.3, 0.4) is 0 Å². The van der Waals surface area contributed by atoms with E-state index in [0.29, 0.717) is 51.1 Å². The fourth-order valence-corrected chi connectivity index (χ4v) is 5.04. The van der Waals surface area contributed by atoms with Gasteiger partial charge in [-0.3, -0.25) is 4.79 Å². The van der Waals surface area contributed by atoms with Gasteiger partial charge in [0.2, 0.25) is 0 Å². The van der Waals surface area contributed by atoms with Crippen LogP contribution in [0.5, 0.6) is 5.75 Å². The standard InChI is InChI=1S/C28H20F3NO5S/c1-16-7-12-24(36-15-18-8-10-20(11-9-18)38(34,35)28(29,30)31)25-19(14-33)13-22(32-26(16)25)27-17(2)21-5-3-4-6-23(21)37-27/h3-14H,15H2,1-2H3. The number of carbonyl (C=O) groups is 1. The summed E-state index contributed by atoms with van der Waals surface area (Å²) in [7, 11) is -5.44. The van der Waals surface area contributed by atoms with E-state index in [4.69, 9.17) is 14.1 Å². The van der Waals surface area contributed by atoms with Crippen LogP contribution < -0.4 is 4.74 Å². The maximum atomic E-state index is 12.8. The first-order chi connectivity index (χ1) is 18.0. The Bertz CT molecular complexity index is 1810. The summed E-state index contributed by atoms with van der Waals surface area (Å²) in [5, 5.41) is 1.42. The van der Waals surface area contributed by atoms with Crippen molar-refractivity contribution in [1.82, 2.24) is 4.98 Å². The Morgan fingerprint density at radius 2 is 1.71 bits per heavy atom. The molecular weight excluding hydrogens is 519 g/mol. The molecule has 5 aromatic rings. The average Bonchev–Trinajstić information content (AvgIpc) is 3.24. The van der Waals surface area contributed by atoms with Crippen molar-refractivity contribution < 1.29 is 35.5 Å². The molecule has 0 aliphatic carbocycles. The molecular formula is C28H20F3NO5S. The van der Waals surface area contributed by atoms with E-state index in [1.807, 2.05) is 38.1 Å². The first-order valence-corrected chi connectivity index (χ1v) is 12.9. The molecule has 0 radical (unpaired) electrons. The predicted octanol–water partition coefficient (Wildman–Crippen LogP) is 6.95. The average molecular weight is 540 g/mol. The second-order valence-electron chi connectivity index (χ2n) is 8.75. The smallest absolute Gasteiger partial charge is 0.488 e. The van der Waals surface area contributed by atoms with Crippen LogP contribution >= 0.6 is 0 Å². The van der Waals surface area contributed by atoms with Crippen LogP contribution in [0.4, 0.5) is 13.2 Å². The van der Waals surface area contributed by atoms with Gasteiger partial charge in [-0.25, -0.2) is 13.4 Å². The zero-order valence-electron chi connectivity index (χ0n) is 20.2. The van der Waals surface area contributed by atoms with Crippen LogP contribution in [0.25, 0.3) is 33.3 Å². The molecule has 38 heavy (non-hydrogen) atoms. The maximum absolute atomic E-state index is 12.8. The lowest BCUT2D eigenvalue weighted by atomic mass is 10.0. The van der Waals surface area contributed by atoms with Crippen molar-refractivity contribution in [2.45, 2.75) is 30.9 Å². The summed E-state index contributed by atoms with van der Waals surface area (Å²) >= 11 is 0. The summed E-state index contributed by atoms with van der Waals surface area (Å²) in [4.78, 5) is 16.1. The lowest BCUT2D eigenvalue weighted by molar-refractivity contribution is -0.0436. The van der Waals surface area contributed by atoms with E-state index in [9.17, 15) is 26.4 Å². The van der Waals surface area contributed by atoms with Gasteiger partial charge in [0.1, 0.15) is 23.6 Å². The predicted molar refractivity (Wildman–Crippen MR) is 136 cm³/mol. The minimum Gasteiger partial charge on any atom is -0.488 e. The van der Waals surface area contributed by atoms with E-state index >= 15 is 0 Å². The van der Waals surface area contributed by atoms with Gasteiger partial charge in [-0.15, -0.1) is 0 Å². The molecule has 0 fully saturated rings. The maximum Gasteiger partial charge on any atom is 0.501 e. The number of ether oxygens (including phenoxy) is 1. The summed E-state index contributed by atoms with van der Waals surface area (Å²) in [5.41, 5.74) is -1.19. The molecule has 0 unspecified atom stereocenters. The molecule has 3 aromatic carbocycles. The highest BCUT2D eigenvalue weighted by molar-refractivity contribution is 7.92. The van der Waals surface area contributed by atoms with Crippen LogP contribution in [-0.2, 0) is 16.4 Å². The molecule has 0 aliphatic heterocycles. The highest BCUT2D eigenvalue weighted by Crippen LogP contribution is 2.37. The number of carbonyl (C=O) groups excluding carboxylic acids is 1. The molecule has 0 saturated carbocycles. The van der Waals surface area contributed by atoms with Crippen LogP contribution in [0.1, 0.15) is 27.0 Å². The number of rotatable bonds is 6. The molecule has 5 rings (SSSR count). The van der Waals surface area contributed by atoms with Crippen molar-refractivity contribution in [1.29, 1.82) is 0 Å². The number of hydrogen-bond donors (Lipinski definition) is 0. The normalized spacial score (nSPS) is 12.2. The van der Waals surface area contributed by atoms with Gasteiger partial charge in [-0.1, -0.05) is 36.4 Å². The molecule has 0 N–H and O–H groups in total. The number of fused-ring (bicyclic) bond motifs is 2. The lowest BCUT2D eigenvalue weighted by Gasteiger charge is -2.14. The van der Waals surface area contributed by atoms with Gasteiger partial charge < -0.3 is 9.15 Å². The molecule has 0 spiro atoms. The molecule has 194 valence electrons. The number of pyridine rings is 1. The minimum atomic E-state index is -5.44. The Labute approximate surface area is 215 Å². The van der Waals surface area contributed by atoms with Crippen molar-refractivity contribution >= 4 is 38.0 Å². The van der Waals surface area contributed by atoms with Crippen molar-refractivity contribution in [2.24, 2.45) is 0 Å². The van der Waals surface area contributed by atoms with Crippen molar-refractivity contribution in [3.8, 4) is 17.2 Å². The fourth-order valence-electron chi connectivity index (χ4n) is 4.28. The van der Waals surface area contributed by atoms with E-state index in [1.165, 1.54) is 12.1 Å². The number of aryl methyl sites for hydroxylation is 2. The zero-order valence-corrected chi connectivity index (χ0v) is 21.0. The van der Waals surface area contributed by atoms with Crippen LogP contribution in [-0.4, -0.2) is 25.2 Å². The summed E-state index contributed by atoms with van der Waals surface area (Å²) in [6.07, 6.45) is 0.703. The first-order valence-electron chi connectivity index (χ1n) is 11.4. The Kier molecular flexibility index (Phi) is 6.22. The van der Waals surface area contributed by atoms with Crippen LogP contribution in [0.15, 0.2) is 76.0 Å². The number of aldehydes is 1. The number of furan rings is 1. The molecule has 0 saturated heterocycles. The van der Waals surface area contributed by atoms with Gasteiger partial charge in [-0.05, 0) is 55.3 Å². The largest absolute Gasteiger partial charge is 0.501 e. The minimum absolute atomic E-state index is 0.0762. The van der Waals surface area contributed by atoms with Crippen molar-refractivity contribution in [3.05, 3.63) is 89.0 Å². The number of alkyl halides is 3. The highest BCUT2D eigenvalue weighted by atomic mass is 32.2. The topological polar surface area (TPSA) is 86.5 Å². The second-order valence-corrected chi connectivity index (χ2v) is 10.7. The van der Waals surface area contributed by atoms with Gasteiger partial charge in [0, 0.05) is 16.5 Å².